The highest BCUT2D eigenvalue weighted by atomic mass is 16.5. The molecule has 8 heteroatoms. The molecule has 0 saturated carbocycles. The zero-order valence-corrected chi connectivity index (χ0v) is 15.7. The molecule has 1 amide bonds. The first kappa shape index (κ1) is 20.4. The number of amides is 1. The average molecular weight is 375 g/mol. The predicted octanol–water partition coefficient (Wildman–Crippen LogP) is 2.21. The summed E-state index contributed by atoms with van der Waals surface area (Å²) in [5.74, 6) is -0.447. The highest BCUT2D eigenvalue weighted by molar-refractivity contribution is 5.74. The molecule has 146 valence electrons. The first-order valence-corrected chi connectivity index (χ1v) is 8.67. The predicted molar refractivity (Wildman–Crippen MR) is 97.7 cm³/mol. The molecule has 0 radical (unpaired) electrons. The van der Waals surface area contributed by atoms with Gasteiger partial charge < -0.3 is 19.9 Å². The van der Waals surface area contributed by atoms with Crippen molar-refractivity contribution in [1.82, 2.24) is 15.1 Å². The second kappa shape index (κ2) is 9.72. The molecule has 0 fully saturated rings. The van der Waals surface area contributed by atoms with Crippen LogP contribution >= 0.6 is 0 Å². The normalized spacial score (nSPS) is 13.1. The van der Waals surface area contributed by atoms with Gasteiger partial charge in [0.25, 0.3) is 0 Å². The minimum Gasteiger partial charge on any atom is -0.467 e. The molecular formula is C19H25N3O5. The van der Waals surface area contributed by atoms with Gasteiger partial charge in [0.05, 0.1) is 25.5 Å². The molecule has 0 saturated heterocycles. The molecule has 2 atom stereocenters. The highest BCUT2D eigenvalue weighted by Gasteiger charge is 2.27. The number of ether oxygens (including phenoxy) is 2. The number of aromatic nitrogens is 2. The Kier molecular flexibility index (Phi) is 7.36. The number of alkyl carbamates (subject to hydrolysis) is 1. The van der Waals surface area contributed by atoms with Gasteiger partial charge in [-0.1, -0.05) is 44.2 Å². The van der Waals surface area contributed by atoms with Gasteiger partial charge in [-0.05, 0) is 17.5 Å². The summed E-state index contributed by atoms with van der Waals surface area (Å²) in [6.07, 6.45) is 0.956. The zero-order chi connectivity index (χ0) is 19.8. The fourth-order valence-corrected chi connectivity index (χ4v) is 2.62. The molecular weight excluding hydrogens is 350 g/mol. The quantitative estimate of drug-likeness (QED) is 0.686. The lowest BCUT2D eigenvalue weighted by atomic mass is 10.1. The van der Waals surface area contributed by atoms with Crippen molar-refractivity contribution in [2.75, 3.05) is 13.7 Å². The van der Waals surface area contributed by atoms with Crippen molar-refractivity contribution in [3.8, 4) is 0 Å². The molecule has 1 aromatic heterocycles. The monoisotopic (exact) mass is 375 g/mol. The number of esters is 1. The van der Waals surface area contributed by atoms with Crippen LogP contribution in [0.2, 0.25) is 0 Å². The van der Waals surface area contributed by atoms with E-state index in [9.17, 15) is 14.7 Å². The molecule has 0 bridgehead atoms. The molecule has 0 aliphatic heterocycles. The molecule has 2 aromatic rings. The molecule has 0 aliphatic rings. The minimum atomic E-state index is -0.750. The van der Waals surface area contributed by atoms with Gasteiger partial charge >= 0.3 is 12.1 Å². The first-order chi connectivity index (χ1) is 13.0. The van der Waals surface area contributed by atoms with E-state index in [1.807, 2.05) is 44.2 Å². The van der Waals surface area contributed by atoms with Crippen LogP contribution in [0, 0.1) is 5.92 Å². The molecule has 0 spiro atoms. The van der Waals surface area contributed by atoms with Crippen LogP contribution in [0.4, 0.5) is 4.79 Å². The van der Waals surface area contributed by atoms with Crippen LogP contribution < -0.4 is 5.32 Å². The summed E-state index contributed by atoms with van der Waals surface area (Å²) in [6.45, 7) is 3.52. The van der Waals surface area contributed by atoms with Crippen molar-refractivity contribution in [2.24, 2.45) is 5.92 Å². The van der Waals surface area contributed by atoms with E-state index in [4.69, 9.17) is 9.47 Å². The van der Waals surface area contributed by atoms with Gasteiger partial charge in [-0.15, -0.1) is 0 Å². The van der Waals surface area contributed by atoms with Crippen molar-refractivity contribution in [3.05, 3.63) is 53.9 Å². The van der Waals surface area contributed by atoms with E-state index in [1.54, 1.807) is 12.3 Å². The van der Waals surface area contributed by atoms with Crippen LogP contribution in [0.15, 0.2) is 42.6 Å². The van der Waals surface area contributed by atoms with Gasteiger partial charge in [0.15, 0.2) is 6.04 Å². The number of aliphatic hydroxyl groups is 1. The second-order valence-electron chi connectivity index (χ2n) is 6.37. The Bertz CT molecular complexity index is 745. The summed E-state index contributed by atoms with van der Waals surface area (Å²) in [6, 6.07) is 9.57. The fourth-order valence-electron chi connectivity index (χ4n) is 2.62. The molecule has 1 aromatic carbocycles. The van der Waals surface area contributed by atoms with E-state index in [2.05, 4.69) is 10.4 Å². The van der Waals surface area contributed by atoms with E-state index in [0.29, 0.717) is 5.69 Å². The molecule has 2 N–H and O–H groups in total. The number of aliphatic hydroxyl groups excluding tert-OH is 1. The van der Waals surface area contributed by atoms with E-state index < -0.39 is 24.1 Å². The van der Waals surface area contributed by atoms with Gasteiger partial charge in [-0.2, -0.15) is 5.10 Å². The van der Waals surface area contributed by atoms with Crippen LogP contribution in [0.3, 0.4) is 0 Å². The van der Waals surface area contributed by atoms with Gasteiger partial charge in [-0.25, -0.2) is 9.59 Å². The zero-order valence-electron chi connectivity index (χ0n) is 15.7. The van der Waals surface area contributed by atoms with Crippen molar-refractivity contribution in [1.29, 1.82) is 0 Å². The van der Waals surface area contributed by atoms with Gasteiger partial charge in [0, 0.05) is 6.20 Å². The number of nitrogens with zero attached hydrogens (tertiary/aromatic N) is 2. The van der Waals surface area contributed by atoms with Crippen molar-refractivity contribution in [3.63, 3.8) is 0 Å². The Morgan fingerprint density at radius 3 is 2.52 bits per heavy atom. The molecule has 0 aliphatic carbocycles. The summed E-state index contributed by atoms with van der Waals surface area (Å²) in [7, 11) is 1.32. The van der Waals surface area contributed by atoms with Gasteiger partial charge in [0.1, 0.15) is 6.61 Å². The Labute approximate surface area is 158 Å². The van der Waals surface area contributed by atoms with Crippen LogP contribution in [0.25, 0.3) is 0 Å². The lowest BCUT2D eigenvalue weighted by Gasteiger charge is -2.19. The molecule has 27 heavy (non-hydrogen) atoms. The maximum Gasteiger partial charge on any atom is 0.408 e. The minimum absolute atomic E-state index is 0.0402. The third-order valence-electron chi connectivity index (χ3n) is 4.03. The Balaban J connectivity index is 2.01. The molecule has 1 heterocycles. The summed E-state index contributed by atoms with van der Waals surface area (Å²) in [5.41, 5.74) is 1.28. The Morgan fingerprint density at radius 1 is 1.22 bits per heavy atom. The SMILES string of the molecule is COC(=O)[C@H](C(C)C)n1ccc([C@H](CO)NC(=O)OCc2ccccc2)n1. The maximum atomic E-state index is 12.0. The number of benzene rings is 1. The Hall–Kier alpha value is -2.87. The summed E-state index contributed by atoms with van der Waals surface area (Å²) < 4.78 is 11.5. The standard InChI is InChI=1S/C19H25N3O5/c1-13(2)17(18(24)26-3)22-10-9-15(21-22)16(11-23)20-19(25)27-12-14-7-5-4-6-8-14/h4-10,13,16-17,23H,11-12H2,1-3H3,(H,20,25)/t16-,17-/m0/s1. The molecule has 0 unspecified atom stereocenters. The number of hydrogen-bond donors (Lipinski definition) is 2. The molecule has 8 nitrogen and oxygen atoms in total. The largest absolute Gasteiger partial charge is 0.467 e. The van der Waals surface area contributed by atoms with Crippen LogP contribution in [0.1, 0.15) is 37.2 Å². The smallest absolute Gasteiger partial charge is 0.408 e. The molecule has 2 rings (SSSR count). The number of methoxy groups -OCH3 is 1. The van der Waals surface area contributed by atoms with E-state index >= 15 is 0 Å². The lowest BCUT2D eigenvalue weighted by Crippen LogP contribution is -2.32. The topological polar surface area (TPSA) is 103 Å². The average Bonchev–Trinajstić information content (AvgIpc) is 3.14. The number of carbonyl (C=O) groups excluding carboxylic acids is 2. The van der Waals surface area contributed by atoms with Crippen LogP contribution in [0.5, 0.6) is 0 Å². The maximum absolute atomic E-state index is 12.0. The Morgan fingerprint density at radius 2 is 1.93 bits per heavy atom. The van der Waals surface area contributed by atoms with Gasteiger partial charge in [-0.3, -0.25) is 4.68 Å². The van der Waals surface area contributed by atoms with Gasteiger partial charge in [0.2, 0.25) is 0 Å². The van der Waals surface area contributed by atoms with Crippen molar-refractivity contribution >= 4 is 12.1 Å². The summed E-state index contributed by atoms with van der Waals surface area (Å²) >= 11 is 0. The number of nitrogens with one attached hydrogen (secondary N) is 1. The van der Waals surface area contributed by atoms with Crippen molar-refractivity contribution < 1.29 is 24.2 Å². The van der Waals surface area contributed by atoms with E-state index in [1.165, 1.54) is 11.8 Å². The number of carbonyl (C=O) groups is 2. The van der Waals surface area contributed by atoms with Crippen molar-refractivity contribution in [2.45, 2.75) is 32.5 Å². The third-order valence-corrected chi connectivity index (χ3v) is 4.03. The van der Waals surface area contributed by atoms with Crippen LogP contribution in [-0.2, 0) is 20.9 Å². The summed E-state index contributed by atoms with van der Waals surface area (Å²) in [5, 5.41) is 16.5. The number of rotatable bonds is 8. The van der Waals surface area contributed by atoms with E-state index in [-0.39, 0.29) is 19.1 Å². The third kappa shape index (κ3) is 5.55. The first-order valence-electron chi connectivity index (χ1n) is 8.67. The number of hydrogen-bond acceptors (Lipinski definition) is 6. The summed E-state index contributed by atoms with van der Waals surface area (Å²) in [4.78, 5) is 24.0. The van der Waals surface area contributed by atoms with Crippen LogP contribution in [-0.4, -0.2) is 40.7 Å². The lowest BCUT2D eigenvalue weighted by molar-refractivity contribution is -0.146. The second-order valence-corrected chi connectivity index (χ2v) is 6.37. The fraction of sp³-hybridized carbons (Fsp3) is 0.421. The highest BCUT2D eigenvalue weighted by Crippen LogP contribution is 2.20. The van der Waals surface area contributed by atoms with E-state index in [0.717, 1.165) is 5.56 Å².